The summed E-state index contributed by atoms with van der Waals surface area (Å²) in [6.45, 7) is 9.98. The number of carbonyl (C=O) groups excluding carboxylic acids is 1. The maximum Gasteiger partial charge on any atom is 0.241 e. The summed E-state index contributed by atoms with van der Waals surface area (Å²) in [7, 11) is 0. The van der Waals surface area contributed by atoms with Crippen molar-refractivity contribution in [1.82, 2.24) is 4.90 Å². The largest absolute Gasteiger partial charge is 0.398 e. The highest BCUT2D eigenvalue weighted by atomic mass is 16.2. The molecule has 0 fully saturated rings. The summed E-state index contributed by atoms with van der Waals surface area (Å²) in [4.78, 5) is 14.5. The summed E-state index contributed by atoms with van der Waals surface area (Å²) < 4.78 is 0. The van der Waals surface area contributed by atoms with Gasteiger partial charge in [-0.2, -0.15) is 0 Å². The summed E-state index contributed by atoms with van der Waals surface area (Å²) in [5.41, 5.74) is 8.35. The van der Waals surface area contributed by atoms with E-state index in [1.54, 1.807) is 0 Å². The Balaban J connectivity index is 2.66. The van der Waals surface area contributed by atoms with E-state index in [9.17, 15) is 4.79 Å². The average molecular weight is 277 g/mol. The fourth-order valence-corrected chi connectivity index (χ4v) is 2.12. The Bertz CT molecular complexity index is 445. The minimum Gasteiger partial charge on any atom is -0.398 e. The lowest BCUT2D eigenvalue weighted by Gasteiger charge is -2.26. The fourth-order valence-electron chi connectivity index (χ4n) is 2.12. The number of benzene rings is 1. The Hall–Kier alpha value is -1.55. The van der Waals surface area contributed by atoms with Crippen LogP contribution in [0.15, 0.2) is 18.2 Å². The third-order valence-corrected chi connectivity index (χ3v) is 3.68. The first-order valence-corrected chi connectivity index (χ1v) is 7.40. The molecule has 0 aromatic heterocycles. The summed E-state index contributed by atoms with van der Waals surface area (Å²) in [5, 5.41) is 2.94. The number of aryl methyl sites for hydroxylation is 1. The Morgan fingerprint density at radius 2 is 2.10 bits per heavy atom. The third kappa shape index (κ3) is 4.53. The summed E-state index contributed by atoms with van der Waals surface area (Å²) in [6, 6.07) is 5.49. The van der Waals surface area contributed by atoms with Gasteiger partial charge in [-0.15, -0.1) is 0 Å². The molecule has 3 N–H and O–H groups in total. The SMILES string of the molecule is CCCCN(CC)C(C)C(=O)Nc1ccc(C)c(N)c1. The molecule has 4 heteroatoms. The first-order valence-electron chi connectivity index (χ1n) is 7.40. The number of nitrogens with two attached hydrogens (primary N) is 1. The van der Waals surface area contributed by atoms with Crippen LogP contribution in [0, 0.1) is 6.92 Å². The number of rotatable bonds is 7. The maximum absolute atomic E-state index is 12.3. The van der Waals surface area contributed by atoms with Crippen molar-refractivity contribution < 1.29 is 4.79 Å². The van der Waals surface area contributed by atoms with Crippen molar-refractivity contribution in [2.75, 3.05) is 24.1 Å². The Morgan fingerprint density at radius 3 is 2.65 bits per heavy atom. The number of unbranched alkanes of at least 4 members (excludes halogenated alkanes) is 1. The minimum atomic E-state index is -0.130. The van der Waals surface area contributed by atoms with Gasteiger partial charge in [0.25, 0.3) is 0 Å². The molecule has 1 atom stereocenters. The van der Waals surface area contributed by atoms with E-state index in [0.29, 0.717) is 5.69 Å². The highest BCUT2D eigenvalue weighted by Crippen LogP contribution is 2.17. The molecule has 0 saturated heterocycles. The zero-order chi connectivity index (χ0) is 15.1. The molecule has 0 aliphatic carbocycles. The van der Waals surface area contributed by atoms with Crippen LogP contribution in [0.1, 0.15) is 39.2 Å². The molecule has 0 aliphatic heterocycles. The first-order chi connectivity index (χ1) is 9.49. The number of nitrogen functional groups attached to an aromatic ring is 1. The molecule has 1 amide bonds. The van der Waals surface area contributed by atoms with E-state index in [0.717, 1.165) is 37.2 Å². The number of hydrogen-bond donors (Lipinski definition) is 2. The van der Waals surface area contributed by atoms with E-state index in [1.807, 2.05) is 32.0 Å². The molecule has 0 spiro atoms. The molecule has 1 rings (SSSR count). The van der Waals surface area contributed by atoms with Crippen LogP contribution in [0.25, 0.3) is 0 Å². The quantitative estimate of drug-likeness (QED) is 0.753. The molecule has 0 bridgehead atoms. The van der Waals surface area contributed by atoms with Gasteiger partial charge in [0.1, 0.15) is 0 Å². The maximum atomic E-state index is 12.3. The average Bonchev–Trinajstić information content (AvgIpc) is 2.43. The van der Waals surface area contributed by atoms with Crippen LogP contribution in [0.4, 0.5) is 11.4 Å². The van der Waals surface area contributed by atoms with Gasteiger partial charge in [-0.05, 0) is 51.1 Å². The van der Waals surface area contributed by atoms with E-state index in [-0.39, 0.29) is 11.9 Å². The molecule has 20 heavy (non-hydrogen) atoms. The molecule has 4 nitrogen and oxygen atoms in total. The molecule has 1 unspecified atom stereocenters. The van der Waals surface area contributed by atoms with Crippen molar-refractivity contribution in [1.29, 1.82) is 0 Å². The van der Waals surface area contributed by atoms with Gasteiger partial charge in [0.15, 0.2) is 0 Å². The van der Waals surface area contributed by atoms with Crippen molar-refractivity contribution in [3.63, 3.8) is 0 Å². The molecule has 0 saturated carbocycles. The van der Waals surface area contributed by atoms with E-state index in [2.05, 4.69) is 24.1 Å². The van der Waals surface area contributed by atoms with Crippen molar-refractivity contribution in [2.45, 2.75) is 46.6 Å². The molecule has 0 aliphatic rings. The highest BCUT2D eigenvalue weighted by Gasteiger charge is 2.19. The number of nitrogens with zero attached hydrogens (tertiary/aromatic N) is 1. The number of anilines is 2. The number of likely N-dealkylation sites (N-methyl/N-ethyl adjacent to an activating group) is 1. The minimum absolute atomic E-state index is 0.0196. The second-order valence-corrected chi connectivity index (χ2v) is 5.22. The summed E-state index contributed by atoms with van der Waals surface area (Å²) >= 11 is 0. The molecule has 0 heterocycles. The van der Waals surface area contributed by atoms with Crippen molar-refractivity contribution in [3.8, 4) is 0 Å². The number of amides is 1. The van der Waals surface area contributed by atoms with Gasteiger partial charge in [-0.1, -0.05) is 26.3 Å². The van der Waals surface area contributed by atoms with E-state index < -0.39 is 0 Å². The van der Waals surface area contributed by atoms with Crippen LogP contribution in [0.5, 0.6) is 0 Å². The monoisotopic (exact) mass is 277 g/mol. The van der Waals surface area contributed by atoms with Crippen LogP contribution in [0.3, 0.4) is 0 Å². The van der Waals surface area contributed by atoms with E-state index in [4.69, 9.17) is 5.73 Å². The molecule has 0 radical (unpaired) electrons. The van der Waals surface area contributed by atoms with Gasteiger partial charge in [-0.25, -0.2) is 0 Å². The zero-order valence-electron chi connectivity index (χ0n) is 13.1. The Kier molecular flexibility index (Phi) is 6.52. The van der Waals surface area contributed by atoms with Gasteiger partial charge < -0.3 is 11.1 Å². The summed E-state index contributed by atoms with van der Waals surface area (Å²) in [5.74, 6) is 0.0196. The van der Waals surface area contributed by atoms with Crippen molar-refractivity contribution in [2.24, 2.45) is 0 Å². The van der Waals surface area contributed by atoms with E-state index in [1.165, 1.54) is 0 Å². The van der Waals surface area contributed by atoms with Crippen molar-refractivity contribution >= 4 is 17.3 Å². The predicted molar refractivity (Wildman–Crippen MR) is 85.8 cm³/mol. The van der Waals surface area contributed by atoms with E-state index >= 15 is 0 Å². The number of nitrogens with one attached hydrogen (secondary N) is 1. The Labute approximate surface area is 122 Å². The van der Waals surface area contributed by atoms with Crippen molar-refractivity contribution in [3.05, 3.63) is 23.8 Å². The van der Waals surface area contributed by atoms with Gasteiger partial charge in [0.2, 0.25) is 5.91 Å². The fraction of sp³-hybridized carbons (Fsp3) is 0.562. The lowest BCUT2D eigenvalue weighted by atomic mass is 10.1. The third-order valence-electron chi connectivity index (χ3n) is 3.68. The molecular weight excluding hydrogens is 250 g/mol. The van der Waals surface area contributed by atoms with Crippen LogP contribution < -0.4 is 11.1 Å². The Morgan fingerprint density at radius 1 is 1.40 bits per heavy atom. The lowest BCUT2D eigenvalue weighted by molar-refractivity contribution is -0.120. The van der Waals surface area contributed by atoms with Crippen LogP contribution in [-0.4, -0.2) is 29.9 Å². The highest BCUT2D eigenvalue weighted by molar-refractivity contribution is 5.95. The second-order valence-electron chi connectivity index (χ2n) is 5.22. The smallest absolute Gasteiger partial charge is 0.241 e. The standard InChI is InChI=1S/C16H27N3O/c1-5-7-10-19(6-2)13(4)16(20)18-14-9-8-12(3)15(17)11-14/h8-9,11,13H,5-7,10,17H2,1-4H3,(H,18,20). The van der Waals surface area contributed by atoms with Crippen LogP contribution >= 0.6 is 0 Å². The lowest BCUT2D eigenvalue weighted by Crippen LogP contribution is -2.42. The number of carbonyl (C=O) groups is 1. The first kappa shape index (κ1) is 16.5. The van der Waals surface area contributed by atoms with Gasteiger partial charge in [0.05, 0.1) is 6.04 Å². The number of hydrogen-bond acceptors (Lipinski definition) is 3. The normalized spacial score (nSPS) is 12.4. The van der Waals surface area contributed by atoms with Crippen LogP contribution in [-0.2, 0) is 4.79 Å². The zero-order valence-corrected chi connectivity index (χ0v) is 13.1. The molecular formula is C16H27N3O. The molecule has 1 aromatic rings. The second kappa shape index (κ2) is 7.90. The summed E-state index contributed by atoms with van der Waals surface area (Å²) in [6.07, 6.45) is 2.25. The molecule has 1 aromatic carbocycles. The van der Waals surface area contributed by atoms with Gasteiger partial charge >= 0.3 is 0 Å². The van der Waals surface area contributed by atoms with Crippen LogP contribution in [0.2, 0.25) is 0 Å². The topological polar surface area (TPSA) is 58.4 Å². The van der Waals surface area contributed by atoms with Gasteiger partial charge in [0, 0.05) is 11.4 Å². The molecule has 112 valence electrons. The predicted octanol–water partition coefficient (Wildman–Crippen LogP) is 3.03. The van der Waals surface area contributed by atoms with Gasteiger partial charge in [-0.3, -0.25) is 9.69 Å².